The molecule has 1 N–H and O–H groups in total. The van der Waals surface area contributed by atoms with Gasteiger partial charge in [0.2, 0.25) is 0 Å². The van der Waals surface area contributed by atoms with E-state index in [9.17, 15) is 8.42 Å². The van der Waals surface area contributed by atoms with Crippen LogP contribution in [0, 0.1) is 0 Å². The van der Waals surface area contributed by atoms with Gasteiger partial charge in [0.1, 0.15) is 4.21 Å². The first-order valence-corrected chi connectivity index (χ1v) is 8.05. The SMILES string of the molecule is COCCN(C1CC1)S(=O)(=O)c1ccc(CO)s1. The third kappa shape index (κ3) is 2.92. The molecule has 1 heterocycles. The Kier molecular flexibility index (Phi) is 4.39. The molecule has 0 radical (unpaired) electrons. The van der Waals surface area contributed by atoms with Gasteiger partial charge in [0.15, 0.2) is 0 Å². The highest BCUT2D eigenvalue weighted by Gasteiger charge is 2.38. The smallest absolute Gasteiger partial charge is 0.252 e. The number of rotatable bonds is 7. The molecule has 1 aromatic rings. The highest BCUT2D eigenvalue weighted by atomic mass is 32.2. The fraction of sp³-hybridized carbons (Fsp3) is 0.636. The van der Waals surface area contributed by atoms with Gasteiger partial charge in [0.05, 0.1) is 13.2 Å². The van der Waals surface area contributed by atoms with Gasteiger partial charge in [0, 0.05) is 24.6 Å². The quantitative estimate of drug-likeness (QED) is 0.815. The van der Waals surface area contributed by atoms with E-state index < -0.39 is 10.0 Å². The van der Waals surface area contributed by atoms with Crippen molar-refractivity contribution >= 4 is 21.4 Å². The first kappa shape index (κ1) is 14.0. The van der Waals surface area contributed by atoms with Crippen molar-refractivity contribution in [3.8, 4) is 0 Å². The van der Waals surface area contributed by atoms with Crippen LogP contribution < -0.4 is 0 Å². The van der Waals surface area contributed by atoms with Crippen LogP contribution in [0.2, 0.25) is 0 Å². The van der Waals surface area contributed by atoms with Gasteiger partial charge in [0.25, 0.3) is 10.0 Å². The lowest BCUT2D eigenvalue weighted by Gasteiger charge is -2.20. The Labute approximate surface area is 111 Å². The molecule has 0 saturated heterocycles. The van der Waals surface area contributed by atoms with E-state index in [4.69, 9.17) is 9.84 Å². The largest absolute Gasteiger partial charge is 0.391 e. The minimum atomic E-state index is -3.44. The third-order valence-corrected chi connectivity index (χ3v) is 6.31. The second-order valence-corrected chi connectivity index (χ2v) is 7.50. The van der Waals surface area contributed by atoms with E-state index in [-0.39, 0.29) is 12.6 Å². The van der Waals surface area contributed by atoms with E-state index in [0.29, 0.717) is 22.2 Å². The molecule has 0 aliphatic heterocycles. The summed E-state index contributed by atoms with van der Waals surface area (Å²) in [5.41, 5.74) is 0. The molecule has 0 bridgehead atoms. The number of aliphatic hydroxyl groups excluding tert-OH is 1. The Morgan fingerprint density at radius 2 is 2.22 bits per heavy atom. The van der Waals surface area contributed by atoms with Gasteiger partial charge in [-0.05, 0) is 25.0 Å². The normalized spacial score (nSPS) is 16.4. The third-order valence-electron chi connectivity index (χ3n) is 2.83. The second-order valence-electron chi connectivity index (χ2n) is 4.22. The maximum absolute atomic E-state index is 12.4. The van der Waals surface area contributed by atoms with Crippen LogP contribution in [0.3, 0.4) is 0 Å². The fourth-order valence-corrected chi connectivity index (χ4v) is 4.75. The van der Waals surface area contributed by atoms with Crippen molar-refractivity contribution in [2.75, 3.05) is 20.3 Å². The van der Waals surface area contributed by atoms with Crippen molar-refractivity contribution in [3.63, 3.8) is 0 Å². The Hall–Kier alpha value is -0.470. The first-order chi connectivity index (χ1) is 8.59. The zero-order valence-electron chi connectivity index (χ0n) is 10.2. The molecule has 1 aliphatic carbocycles. The lowest BCUT2D eigenvalue weighted by Crippen LogP contribution is -2.35. The summed E-state index contributed by atoms with van der Waals surface area (Å²) in [7, 11) is -1.88. The minimum Gasteiger partial charge on any atom is -0.391 e. The van der Waals surface area contributed by atoms with Crippen molar-refractivity contribution in [2.24, 2.45) is 0 Å². The molecule has 1 aromatic heterocycles. The number of nitrogens with zero attached hydrogens (tertiary/aromatic N) is 1. The molecule has 0 aromatic carbocycles. The minimum absolute atomic E-state index is 0.116. The molecule has 18 heavy (non-hydrogen) atoms. The van der Waals surface area contributed by atoms with E-state index in [1.807, 2.05) is 0 Å². The Balaban J connectivity index is 2.21. The molecule has 0 unspecified atom stereocenters. The van der Waals surface area contributed by atoms with Crippen LogP contribution in [0.4, 0.5) is 0 Å². The van der Waals surface area contributed by atoms with Crippen LogP contribution in [-0.2, 0) is 21.4 Å². The topological polar surface area (TPSA) is 66.8 Å². The Morgan fingerprint density at radius 3 is 2.72 bits per heavy atom. The average Bonchev–Trinajstić information content (AvgIpc) is 3.05. The molecule has 5 nitrogen and oxygen atoms in total. The predicted octanol–water partition coefficient (Wildman–Crippen LogP) is 1.04. The number of hydrogen-bond acceptors (Lipinski definition) is 5. The molecule has 102 valence electrons. The van der Waals surface area contributed by atoms with Crippen LogP contribution in [-0.4, -0.2) is 44.1 Å². The number of aliphatic hydroxyl groups is 1. The van der Waals surface area contributed by atoms with E-state index in [2.05, 4.69) is 0 Å². The molecule has 1 aliphatic rings. The summed E-state index contributed by atoms with van der Waals surface area (Å²) in [5.74, 6) is 0. The van der Waals surface area contributed by atoms with Crippen molar-refractivity contribution in [2.45, 2.75) is 29.7 Å². The van der Waals surface area contributed by atoms with Crippen molar-refractivity contribution in [1.82, 2.24) is 4.31 Å². The molecule has 1 fully saturated rings. The van der Waals surface area contributed by atoms with Crippen molar-refractivity contribution < 1.29 is 18.3 Å². The molecule has 2 rings (SSSR count). The number of hydrogen-bond donors (Lipinski definition) is 1. The van der Waals surface area contributed by atoms with Crippen LogP contribution in [0.1, 0.15) is 17.7 Å². The average molecular weight is 291 g/mol. The van der Waals surface area contributed by atoms with Gasteiger partial charge in [-0.1, -0.05) is 0 Å². The van der Waals surface area contributed by atoms with Gasteiger partial charge in [-0.15, -0.1) is 11.3 Å². The maximum atomic E-state index is 12.4. The zero-order valence-corrected chi connectivity index (χ0v) is 11.8. The van der Waals surface area contributed by atoms with Gasteiger partial charge < -0.3 is 9.84 Å². The summed E-state index contributed by atoms with van der Waals surface area (Å²) in [5, 5.41) is 9.00. The maximum Gasteiger partial charge on any atom is 0.252 e. The summed E-state index contributed by atoms with van der Waals surface area (Å²) < 4.78 is 31.7. The number of sulfonamides is 1. The van der Waals surface area contributed by atoms with Crippen LogP contribution in [0.25, 0.3) is 0 Å². The first-order valence-electron chi connectivity index (χ1n) is 5.80. The lowest BCUT2D eigenvalue weighted by molar-refractivity contribution is 0.177. The molecular formula is C11H17NO4S2. The Morgan fingerprint density at radius 1 is 1.50 bits per heavy atom. The van der Waals surface area contributed by atoms with Crippen LogP contribution >= 0.6 is 11.3 Å². The standard InChI is InChI=1S/C11H17NO4S2/c1-16-7-6-12(9-2-3-9)18(14,15)11-5-4-10(8-13)17-11/h4-5,9,13H,2-3,6-8H2,1H3. The number of thiophene rings is 1. The van der Waals surface area contributed by atoms with Crippen molar-refractivity contribution in [1.29, 1.82) is 0 Å². The highest BCUT2D eigenvalue weighted by molar-refractivity contribution is 7.91. The van der Waals surface area contributed by atoms with E-state index >= 15 is 0 Å². The summed E-state index contributed by atoms with van der Waals surface area (Å²) in [6.45, 7) is 0.658. The molecule has 0 spiro atoms. The monoisotopic (exact) mass is 291 g/mol. The summed E-state index contributed by atoms with van der Waals surface area (Å²) >= 11 is 1.13. The fourth-order valence-electron chi connectivity index (χ4n) is 1.74. The summed E-state index contributed by atoms with van der Waals surface area (Å²) in [6.07, 6.45) is 1.84. The van der Waals surface area contributed by atoms with E-state index in [1.54, 1.807) is 19.2 Å². The lowest BCUT2D eigenvalue weighted by atomic mass is 10.5. The summed E-state index contributed by atoms with van der Waals surface area (Å²) in [4.78, 5) is 0.663. The Bertz CT molecular complexity index is 493. The van der Waals surface area contributed by atoms with Gasteiger partial charge in [-0.3, -0.25) is 0 Å². The second kappa shape index (κ2) is 5.66. The van der Waals surface area contributed by atoms with E-state index in [1.165, 1.54) is 4.31 Å². The molecule has 0 atom stereocenters. The molecular weight excluding hydrogens is 274 g/mol. The molecule has 7 heteroatoms. The van der Waals surface area contributed by atoms with Gasteiger partial charge >= 0.3 is 0 Å². The van der Waals surface area contributed by atoms with Crippen LogP contribution in [0.5, 0.6) is 0 Å². The van der Waals surface area contributed by atoms with Gasteiger partial charge in [-0.2, -0.15) is 4.31 Å². The number of ether oxygens (including phenoxy) is 1. The highest BCUT2D eigenvalue weighted by Crippen LogP contribution is 2.34. The van der Waals surface area contributed by atoms with Gasteiger partial charge in [-0.25, -0.2) is 8.42 Å². The van der Waals surface area contributed by atoms with Crippen molar-refractivity contribution in [3.05, 3.63) is 17.0 Å². The zero-order chi connectivity index (χ0) is 13.2. The number of methoxy groups -OCH3 is 1. The summed E-state index contributed by atoms with van der Waals surface area (Å²) in [6, 6.07) is 3.33. The predicted molar refractivity (Wildman–Crippen MR) is 69.0 cm³/mol. The molecule has 1 saturated carbocycles. The van der Waals surface area contributed by atoms with E-state index in [0.717, 1.165) is 24.2 Å². The van der Waals surface area contributed by atoms with Crippen LogP contribution in [0.15, 0.2) is 16.3 Å². The molecule has 0 amide bonds.